The minimum Gasteiger partial charge on any atom is -0.258 e. The fourth-order valence-corrected chi connectivity index (χ4v) is 2.25. The summed E-state index contributed by atoms with van der Waals surface area (Å²) in [5.41, 5.74) is 3.71. The maximum atomic E-state index is 11.1. The second kappa shape index (κ2) is 7.18. The van der Waals surface area contributed by atoms with Crippen LogP contribution in [-0.2, 0) is 0 Å². The molecular formula is C19H17NO2. The number of benzene rings is 2. The lowest BCUT2D eigenvalue weighted by molar-refractivity contribution is -0.384. The highest BCUT2D eigenvalue weighted by Crippen LogP contribution is 2.30. The first-order valence-electron chi connectivity index (χ1n) is 6.97. The Kier molecular flexibility index (Phi) is 5.04. The molecular weight excluding hydrogens is 274 g/mol. The Morgan fingerprint density at radius 1 is 1.14 bits per heavy atom. The molecule has 0 fully saturated rings. The van der Waals surface area contributed by atoms with Crippen LogP contribution in [0.3, 0.4) is 0 Å². The molecule has 0 saturated carbocycles. The lowest BCUT2D eigenvalue weighted by Crippen LogP contribution is -1.91. The first-order chi connectivity index (χ1) is 10.7. The molecule has 110 valence electrons. The third-order valence-electron chi connectivity index (χ3n) is 3.35. The van der Waals surface area contributed by atoms with Gasteiger partial charge in [0.25, 0.3) is 5.69 Å². The first-order valence-corrected chi connectivity index (χ1v) is 6.97. The van der Waals surface area contributed by atoms with E-state index in [4.69, 9.17) is 0 Å². The fraction of sp³-hybridized carbons (Fsp3) is 0.0526. The van der Waals surface area contributed by atoms with Gasteiger partial charge in [-0.2, -0.15) is 0 Å². The van der Waals surface area contributed by atoms with E-state index in [9.17, 15) is 10.1 Å². The molecule has 0 heterocycles. The molecule has 0 N–H and O–H groups in total. The van der Waals surface area contributed by atoms with Gasteiger partial charge >= 0.3 is 0 Å². The van der Waals surface area contributed by atoms with Crippen LogP contribution in [0.25, 0.3) is 16.7 Å². The first kappa shape index (κ1) is 15.4. The molecule has 0 aliphatic heterocycles. The summed E-state index contributed by atoms with van der Waals surface area (Å²) in [6.45, 7) is 5.63. The summed E-state index contributed by atoms with van der Waals surface area (Å²) < 4.78 is 0. The highest BCUT2D eigenvalue weighted by atomic mass is 16.6. The van der Waals surface area contributed by atoms with Crippen molar-refractivity contribution in [2.24, 2.45) is 0 Å². The van der Waals surface area contributed by atoms with Crippen LogP contribution in [0.5, 0.6) is 0 Å². The minimum absolute atomic E-state index is 0.119. The Bertz CT molecular complexity index is 740. The number of nitrogens with zero attached hydrogens (tertiary/aromatic N) is 1. The van der Waals surface area contributed by atoms with E-state index >= 15 is 0 Å². The molecule has 0 aliphatic rings. The van der Waals surface area contributed by atoms with Crippen molar-refractivity contribution < 1.29 is 4.92 Å². The molecule has 0 amide bonds. The highest BCUT2D eigenvalue weighted by Gasteiger charge is 2.13. The summed E-state index contributed by atoms with van der Waals surface area (Å²) in [6.07, 6.45) is 7.60. The summed E-state index contributed by atoms with van der Waals surface area (Å²) >= 11 is 0. The second-order valence-electron chi connectivity index (χ2n) is 4.69. The average molecular weight is 291 g/mol. The zero-order valence-corrected chi connectivity index (χ0v) is 12.4. The van der Waals surface area contributed by atoms with Crippen LogP contribution in [0.2, 0.25) is 0 Å². The molecule has 2 rings (SSSR count). The number of hydrogen-bond donors (Lipinski definition) is 0. The lowest BCUT2D eigenvalue weighted by atomic mass is 9.99. The van der Waals surface area contributed by atoms with Crippen LogP contribution in [0.1, 0.15) is 12.5 Å². The molecule has 2 aromatic rings. The summed E-state index contributed by atoms with van der Waals surface area (Å²) in [7, 11) is 0. The van der Waals surface area contributed by atoms with Gasteiger partial charge in [-0.25, -0.2) is 0 Å². The average Bonchev–Trinajstić information content (AvgIpc) is 2.56. The highest BCUT2D eigenvalue weighted by molar-refractivity contribution is 5.78. The van der Waals surface area contributed by atoms with Crippen molar-refractivity contribution >= 4 is 11.3 Å². The molecule has 0 atom stereocenters. The predicted molar refractivity (Wildman–Crippen MR) is 91.5 cm³/mol. The molecule has 3 nitrogen and oxygen atoms in total. The number of nitro groups is 1. The summed E-state index contributed by atoms with van der Waals surface area (Å²) in [5.74, 6) is 0. The van der Waals surface area contributed by atoms with Gasteiger partial charge in [0.05, 0.1) is 10.5 Å². The molecule has 0 spiro atoms. The lowest BCUT2D eigenvalue weighted by Gasteiger charge is -2.06. The van der Waals surface area contributed by atoms with Gasteiger partial charge < -0.3 is 0 Å². The summed E-state index contributed by atoms with van der Waals surface area (Å²) in [4.78, 5) is 10.8. The zero-order valence-electron chi connectivity index (χ0n) is 12.4. The van der Waals surface area contributed by atoms with Crippen molar-refractivity contribution in [1.82, 2.24) is 0 Å². The molecule has 0 radical (unpaired) electrons. The van der Waals surface area contributed by atoms with Crippen LogP contribution in [0.15, 0.2) is 79.4 Å². The largest absolute Gasteiger partial charge is 0.277 e. The van der Waals surface area contributed by atoms with E-state index in [2.05, 4.69) is 6.58 Å². The Morgan fingerprint density at radius 3 is 2.41 bits per heavy atom. The van der Waals surface area contributed by atoms with Gasteiger partial charge in [0.1, 0.15) is 0 Å². The van der Waals surface area contributed by atoms with Gasteiger partial charge in [0, 0.05) is 6.07 Å². The molecule has 0 aromatic heterocycles. The Labute approximate surface area is 130 Å². The van der Waals surface area contributed by atoms with Crippen molar-refractivity contribution in [2.75, 3.05) is 0 Å². The van der Waals surface area contributed by atoms with Crippen molar-refractivity contribution in [2.45, 2.75) is 6.92 Å². The topological polar surface area (TPSA) is 43.1 Å². The Morgan fingerprint density at radius 2 is 1.82 bits per heavy atom. The van der Waals surface area contributed by atoms with Crippen molar-refractivity contribution in [3.05, 3.63) is 95.1 Å². The molecule has 0 saturated heterocycles. The van der Waals surface area contributed by atoms with Crippen molar-refractivity contribution in [3.8, 4) is 11.1 Å². The van der Waals surface area contributed by atoms with Gasteiger partial charge in [-0.15, -0.1) is 0 Å². The normalized spacial score (nSPS) is 11.6. The van der Waals surface area contributed by atoms with Crippen molar-refractivity contribution in [3.63, 3.8) is 0 Å². The number of para-hydroxylation sites is 1. The van der Waals surface area contributed by atoms with E-state index in [1.54, 1.807) is 24.3 Å². The van der Waals surface area contributed by atoms with Crippen LogP contribution >= 0.6 is 0 Å². The number of nitro benzene ring substituents is 1. The van der Waals surface area contributed by atoms with Crippen LogP contribution in [0.4, 0.5) is 5.69 Å². The molecule has 0 aliphatic carbocycles. The molecule has 2 aromatic carbocycles. The van der Waals surface area contributed by atoms with E-state index in [-0.39, 0.29) is 10.6 Å². The number of allylic oxidation sites excluding steroid dienone is 5. The fourth-order valence-electron chi connectivity index (χ4n) is 2.25. The number of rotatable bonds is 5. The maximum absolute atomic E-state index is 11.1. The molecule has 22 heavy (non-hydrogen) atoms. The van der Waals surface area contributed by atoms with Gasteiger partial charge in [-0.3, -0.25) is 10.1 Å². The van der Waals surface area contributed by atoms with Gasteiger partial charge in [-0.05, 0) is 29.7 Å². The van der Waals surface area contributed by atoms with Gasteiger partial charge in [-0.1, -0.05) is 67.3 Å². The Balaban J connectivity index is 2.40. The van der Waals surface area contributed by atoms with Crippen LogP contribution in [0, 0.1) is 10.1 Å². The number of hydrogen-bond acceptors (Lipinski definition) is 2. The molecule has 3 heteroatoms. The zero-order chi connectivity index (χ0) is 15.9. The van der Waals surface area contributed by atoms with E-state index in [0.29, 0.717) is 5.56 Å². The quantitative estimate of drug-likeness (QED) is 0.420. The predicted octanol–water partition coefficient (Wildman–Crippen LogP) is 5.41. The van der Waals surface area contributed by atoms with E-state index in [1.807, 2.05) is 49.4 Å². The SMILES string of the molecule is C=C/C=C\C(=C/C)c1ccc(-c2ccccc2[N+](=O)[O-])cc1. The van der Waals surface area contributed by atoms with E-state index in [1.165, 1.54) is 6.07 Å². The Hall–Kier alpha value is -2.94. The van der Waals surface area contributed by atoms with E-state index in [0.717, 1.165) is 16.7 Å². The van der Waals surface area contributed by atoms with Gasteiger partial charge in [0.15, 0.2) is 0 Å². The van der Waals surface area contributed by atoms with Crippen molar-refractivity contribution in [1.29, 1.82) is 0 Å². The minimum atomic E-state index is -0.354. The smallest absolute Gasteiger partial charge is 0.258 e. The van der Waals surface area contributed by atoms with Gasteiger partial charge in [0.2, 0.25) is 0 Å². The maximum Gasteiger partial charge on any atom is 0.277 e. The standard InChI is InChI=1S/C19H17NO2/c1-3-5-8-15(4-2)16-11-13-17(14-12-16)18-9-6-7-10-19(18)20(21)22/h3-14H,1H2,2H3/b8-5-,15-4+. The summed E-state index contributed by atoms with van der Waals surface area (Å²) in [6, 6.07) is 14.5. The molecule has 0 bridgehead atoms. The third-order valence-corrected chi connectivity index (χ3v) is 3.35. The van der Waals surface area contributed by atoms with Crippen LogP contribution in [-0.4, -0.2) is 4.92 Å². The third kappa shape index (κ3) is 3.38. The molecule has 0 unspecified atom stereocenters. The monoisotopic (exact) mass is 291 g/mol. The summed E-state index contributed by atoms with van der Waals surface area (Å²) in [5, 5.41) is 11.1. The van der Waals surface area contributed by atoms with E-state index < -0.39 is 0 Å². The van der Waals surface area contributed by atoms with Crippen LogP contribution < -0.4 is 0 Å². The second-order valence-corrected chi connectivity index (χ2v) is 4.69.